The summed E-state index contributed by atoms with van der Waals surface area (Å²) in [6.07, 6.45) is 3.70. The number of methoxy groups -OCH3 is 1. The van der Waals surface area contributed by atoms with Gasteiger partial charge in [0.25, 0.3) is 5.56 Å². The molecule has 1 amide bonds. The Hall–Kier alpha value is -3.22. The number of anilines is 1. The predicted molar refractivity (Wildman–Crippen MR) is 143 cm³/mol. The van der Waals surface area contributed by atoms with Crippen molar-refractivity contribution in [3.05, 3.63) is 91.8 Å². The minimum atomic E-state index is -0.575. The lowest BCUT2D eigenvalue weighted by Crippen LogP contribution is -2.27. The molecule has 0 aliphatic heterocycles. The van der Waals surface area contributed by atoms with Crippen LogP contribution in [0.2, 0.25) is 10.0 Å². The second-order valence-electron chi connectivity index (χ2n) is 8.87. The van der Waals surface area contributed by atoms with Crippen molar-refractivity contribution >= 4 is 47.1 Å². The van der Waals surface area contributed by atoms with Crippen LogP contribution in [0.25, 0.3) is 12.2 Å². The van der Waals surface area contributed by atoms with Gasteiger partial charge in [0.2, 0.25) is 0 Å². The van der Waals surface area contributed by atoms with Gasteiger partial charge in [-0.25, -0.2) is 4.79 Å². The van der Waals surface area contributed by atoms with Crippen LogP contribution in [0.1, 0.15) is 37.6 Å². The number of aryl methyl sites for hydroxylation is 1. The smallest absolute Gasteiger partial charge is 0.412 e. The second-order valence-corrected chi connectivity index (χ2v) is 9.68. The molecule has 1 heterocycles. The quantitative estimate of drug-likeness (QED) is 0.371. The zero-order valence-electron chi connectivity index (χ0n) is 20.1. The molecule has 0 radical (unpaired) electrons. The van der Waals surface area contributed by atoms with Crippen LogP contribution >= 0.6 is 23.2 Å². The number of nitrogens with zero attached hydrogens (tertiary/aromatic N) is 1. The average molecular weight is 515 g/mol. The van der Waals surface area contributed by atoms with E-state index in [-0.39, 0.29) is 10.6 Å². The number of hydrogen-bond acceptors (Lipinski definition) is 4. The molecule has 6 nitrogen and oxygen atoms in total. The summed E-state index contributed by atoms with van der Waals surface area (Å²) >= 11 is 12.6. The Kier molecular flexibility index (Phi) is 8.65. The summed E-state index contributed by atoms with van der Waals surface area (Å²) in [5.41, 5.74) is 2.17. The molecule has 3 aromatic rings. The van der Waals surface area contributed by atoms with Gasteiger partial charge < -0.3 is 14.0 Å². The lowest BCUT2D eigenvalue weighted by molar-refractivity contribution is 0.0636. The molecule has 0 aliphatic carbocycles. The normalized spacial score (nSPS) is 11.5. The number of rotatable bonds is 7. The first-order valence-electron chi connectivity index (χ1n) is 11.1. The van der Waals surface area contributed by atoms with Crippen LogP contribution in [-0.2, 0) is 17.7 Å². The van der Waals surface area contributed by atoms with E-state index in [0.717, 1.165) is 16.9 Å². The molecule has 0 spiro atoms. The van der Waals surface area contributed by atoms with Gasteiger partial charge in [0.15, 0.2) is 0 Å². The number of carbonyl (C=O) groups is 1. The molecule has 0 atom stereocenters. The van der Waals surface area contributed by atoms with Crippen molar-refractivity contribution in [3.8, 4) is 5.75 Å². The van der Waals surface area contributed by atoms with Crippen molar-refractivity contribution in [2.45, 2.75) is 39.3 Å². The maximum atomic E-state index is 12.8. The topological polar surface area (TPSA) is 69.6 Å². The highest BCUT2D eigenvalue weighted by molar-refractivity contribution is 6.35. The second kappa shape index (κ2) is 11.5. The Balaban J connectivity index is 1.77. The number of nitrogens with one attached hydrogen (secondary N) is 1. The summed E-state index contributed by atoms with van der Waals surface area (Å²) < 4.78 is 12.1. The monoisotopic (exact) mass is 514 g/mol. The molecule has 0 fully saturated rings. The van der Waals surface area contributed by atoms with Gasteiger partial charge in [-0.2, -0.15) is 0 Å². The van der Waals surface area contributed by atoms with Crippen LogP contribution in [0, 0.1) is 0 Å². The van der Waals surface area contributed by atoms with E-state index in [1.807, 2.05) is 42.5 Å². The lowest BCUT2D eigenvalue weighted by Gasteiger charge is -2.19. The van der Waals surface area contributed by atoms with Gasteiger partial charge in [-0.05, 0) is 74.7 Å². The standard InChI is InChI=1S/C27H28Cl2N2O4/c1-27(2,3)35-26(33)30-20-11-8-18(9-12-20)14-15-31-24(22(28)17-23(29)25(31)32)13-10-19-6-5-7-21(16-19)34-4/h5-13,16-17H,14-15H2,1-4H3,(H,30,33)/b13-10+. The Bertz CT molecular complexity index is 1280. The Morgan fingerprint density at radius 2 is 1.74 bits per heavy atom. The molecule has 0 saturated heterocycles. The minimum absolute atomic E-state index is 0.0606. The van der Waals surface area contributed by atoms with Gasteiger partial charge in [-0.1, -0.05) is 53.5 Å². The van der Waals surface area contributed by atoms with Crippen LogP contribution in [0.15, 0.2) is 59.4 Å². The molecule has 1 aromatic heterocycles. The minimum Gasteiger partial charge on any atom is -0.497 e. The maximum Gasteiger partial charge on any atom is 0.412 e. The molecule has 0 bridgehead atoms. The molecular weight excluding hydrogens is 487 g/mol. The van der Waals surface area contributed by atoms with Crippen molar-refractivity contribution in [1.82, 2.24) is 4.57 Å². The van der Waals surface area contributed by atoms with E-state index in [4.69, 9.17) is 32.7 Å². The number of carbonyl (C=O) groups excluding carboxylic acids is 1. The molecule has 2 aromatic carbocycles. The van der Waals surface area contributed by atoms with Gasteiger partial charge in [0, 0.05) is 12.2 Å². The summed E-state index contributed by atoms with van der Waals surface area (Å²) in [5.74, 6) is 0.733. The Labute approximate surface area is 215 Å². The van der Waals surface area contributed by atoms with Gasteiger partial charge in [0.05, 0.1) is 17.8 Å². The zero-order valence-corrected chi connectivity index (χ0v) is 21.6. The van der Waals surface area contributed by atoms with Crippen molar-refractivity contribution in [3.63, 3.8) is 0 Å². The maximum absolute atomic E-state index is 12.8. The molecule has 184 valence electrons. The fraction of sp³-hybridized carbons (Fsp3) is 0.259. The third-order valence-electron chi connectivity index (χ3n) is 4.99. The molecule has 35 heavy (non-hydrogen) atoms. The van der Waals surface area contributed by atoms with Crippen molar-refractivity contribution in [1.29, 1.82) is 0 Å². The zero-order chi connectivity index (χ0) is 25.6. The van der Waals surface area contributed by atoms with Crippen molar-refractivity contribution < 1.29 is 14.3 Å². The van der Waals surface area contributed by atoms with Crippen LogP contribution in [0.5, 0.6) is 5.75 Å². The van der Waals surface area contributed by atoms with Gasteiger partial charge >= 0.3 is 6.09 Å². The van der Waals surface area contributed by atoms with E-state index < -0.39 is 11.7 Å². The van der Waals surface area contributed by atoms with Crippen LogP contribution < -0.4 is 15.6 Å². The number of hydrogen-bond donors (Lipinski definition) is 1. The fourth-order valence-corrected chi connectivity index (χ4v) is 3.88. The summed E-state index contributed by atoms with van der Waals surface area (Å²) in [6, 6.07) is 16.4. The fourth-order valence-electron chi connectivity index (χ4n) is 3.34. The first-order chi connectivity index (χ1) is 16.6. The van der Waals surface area contributed by atoms with E-state index in [0.29, 0.717) is 29.4 Å². The van der Waals surface area contributed by atoms with Crippen LogP contribution in [0.3, 0.4) is 0 Å². The third-order valence-corrected chi connectivity index (χ3v) is 5.56. The number of pyridine rings is 1. The highest BCUT2D eigenvalue weighted by Gasteiger charge is 2.16. The van der Waals surface area contributed by atoms with E-state index >= 15 is 0 Å². The summed E-state index contributed by atoms with van der Waals surface area (Å²) in [7, 11) is 1.61. The first-order valence-corrected chi connectivity index (χ1v) is 11.8. The van der Waals surface area contributed by atoms with Crippen LogP contribution in [-0.4, -0.2) is 23.4 Å². The number of aromatic nitrogens is 1. The van der Waals surface area contributed by atoms with Crippen molar-refractivity contribution in [2.75, 3.05) is 12.4 Å². The van der Waals surface area contributed by atoms with Gasteiger partial charge in [-0.3, -0.25) is 10.1 Å². The van der Waals surface area contributed by atoms with Crippen LogP contribution in [0.4, 0.5) is 10.5 Å². The van der Waals surface area contributed by atoms with E-state index in [1.165, 1.54) is 6.07 Å². The molecule has 3 rings (SSSR count). The predicted octanol–water partition coefficient (Wildman–Crippen LogP) is 6.92. The van der Waals surface area contributed by atoms with E-state index in [1.54, 1.807) is 50.7 Å². The van der Waals surface area contributed by atoms with E-state index in [9.17, 15) is 9.59 Å². The molecule has 1 N–H and O–H groups in total. The summed E-state index contributed by atoms with van der Waals surface area (Å²) in [4.78, 5) is 24.8. The molecule has 8 heteroatoms. The van der Waals surface area contributed by atoms with Crippen molar-refractivity contribution in [2.24, 2.45) is 0 Å². The van der Waals surface area contributed by atoms with Gasteiger partial charge in [0.1, 0.15) is 16.4 Å². The number of benzene rings is 2. The van der Waals surface area contributed by atoms with Gasteiger partial charge in [-0.15, -0.1) is 0 Å². The first kappa shape index (κ1) is 26.4. The Morgan fingerprint density at radius 1 is 1.03 bits per heavy atom. The highest BCUT2D eigenvalue weighted by Crippen LogP contribution is 2.22. The summed E-state index contributed by atoms with van der Waals surface area (Å²) in [5, 5.41) is 3.14. The average Bonchev–Trinajstić information content (AvgIpc) is 2.79. The SMILES string of the molecule is COc1cccc(/C=C/c2c(Cl)cc(Cl)c(=O)n2CCc2ccc(NC(=O)OC(C)(C)C)cc2)c1. The third kappa shape index (κ3) is 7.64. The number of halogens is 2. The lowest BCUT2D eigenvalue weighted by atomic mass is 10.1. The summed E-state index contributed by atoms with van der Waals surface area (Å²) in [6.45, 7) is 5.79. The molecule has 0 saturated carbocycles. The Morgan fingerprint density at radius 3 is 2.40 bits per heavy atom. The number of amides is 1. The molecule has 0 aliphatic rings. The number of ether oxygens (including phenoxy) is 2. The molecular formula is C27H28Cl2N2O4. The van der Waals surface area contributed by atoms with E-state index in [2.05, 4.69) is 5.32 Å². The largest absolute Gasteiger partial charge is 0.497 e. The molecule has 0 unspecified atom stereocenters. The highest BCUT2D eigenvalue weighted by atomic mass is 35.5.